The van der Waals surface area contributed by atoms with Crippen molar-refractivity contribution < 1.29 is 37.9 Å². The summed E-state index contributed by atoms with van der Waals surface area (Å²) < 4.78 is 32.3. The molecule has 12 nitrogen and oxygen atoms in total. The van der Waals surface area contributed by atoms with Gasteiger partial charge in [0.15, 0.2) is 0 Å². The Hall–Kier alpha value is -3.70. The van der Waals surface area contributed by atoms with Gasteiger partial charge in [-0.15, -0.1) is 11.3 Å². The first-order valence-electron chi connectivity index (χ1n) is 18.4. The molecule has 53 heavy (non-hydrogen) atoms. The van der Waals surface area contributed by atoms with Gasteiger partial charge in [-0.05, 0) is 79.7 Å². The highest BCUT2D eigenvalue weighted by molar-refractivity contribution is 7.51. The Morgan fingerprint density at radius 3 is 2.47 bits per heavy atom. The van der Waals surface area contributed by atoms with E-state index in [2.05, 4.69) is 16.3 Å². The lowest BCUT2D eigenvalue weighted by atomic mass is 9.85. The molecule has 3 N–H and O–H groups in total. The first kappa shape index (κ1) is 36.3. The maximum absolute atomic E-state index is 14.7. The third-order valence-corrected chi connectivity index (χ3v) is 14.2. The highest BCUT2D eigenvalue weighted by atomic mass is 32.1. The average Bonchev–Trinajstić information content (AvgIpc) is 3.49. The number of hydrogen-bond acceptors (Lipinski definition) is 8. The van der Waals surface area contributed by atoms with Gasteiger partial charge in [-0.25, -0.2) is 4.39 Å². The van der Waals surface area contributed by atoms with Crippen LogP contribution in [0.25, 0.3) is 10.1 Å². The number of nitrogens with zero attached hydrogens (tertiary/aromatic N) is 4. The lowest BCUT2D eigenvalue weighted by Crippen LogP contribution is -2.59. The van der Waals surface area contributed by atoms with E-state index < -0.39 is 37.0 Å². The molecule has 4 aliphatic heterocycles. The predicted molar refractivity (Wildman–Crippen MR) is 195 cm³/mol. The molecule has 1 spiro atoms. The van der Waals surface area contributed by atoms with Gasteiger partial charge in [0.25, 0.3) is 5.91 Å². The van der Waals surface area contributed by atoms with Gasteiger partial charge < -0.3 is 29.6 Å². The maximum Gasteiger partial charge on any atom is 0.363 e. The molecule has 3 aromatic rings. The van der Waals surface area contributed by atoms with Crippen molar-refractivity contribution >= 4 is 46.7 Å². The number of morpholine rings is 1. The van der Waals surface area contributed by atoms with Gasteiger partial charge in [-0.1, -0.05) is 36.4 Å². The molecule has 5 heterocycles. The SMILES string of the molecule is N#C[C@@H]1[C@@H](c2ccccc2)CN(C(=O)[C@@H]2CC[C@@H]3C[C@@H](N4CCOCC4)CC[C@H](NC(=O)c4cc5cc([C@H](F)P(=O)(O)O)ccc5s4)C(=O)N32)C12CC2. The Morgan fingerprint density at radius 1 is 1.04 bits per heavy atom. The third kappa shape index (κ3) is 6.70. The number of rotatable bonds is 7. The second kappa shape index (κ2) is 14.2. The Labute approximate surface area is 311 Å². The molecule has 0 unspecified atom stereocenters. The number of carbonyl (C=O) groups is 3. The van der Waals surface area contributed by atoms with Gasteiger partial charge in [0, 0.05) is 42.3 Å². The zero-order valence-corrected chi connectivity index (χ0v) is 30.9. The Morgan fingerprint density at radius 2 is 1.77 bits per heavy atom. The summed E-state index contributed by atoms with van der Waals surface area (Å²) in [4.78, 5) is 68.3. The van der Waals surface area contributed by atoms with Gasteiger partial charge in [-0.3, -0.25) is 23.8 Å². The van der Waals surface area contributed by atoms with Gasteiger partial charge in [0.2, 0.25) is 17.7 Å². The highest BCUT2D eigenvalue weighted by Crippen LogP contribution is 2.58. The number of alkyl halides is 1. The summed E-state index contributed by atoms with van der Waals surface area (Å²) in [7, 11) is -5.01. The number of nitriles is 1. The van der Waals surface area contributed by atoms with Crippen LogP contribution in [0.2, 0.25) is 0 Å². The molecule has 5 aliphatic rings. The van der Waals surface area contributed by atoms with E-state index in [4.69, 9.17) is 4.74 Å². The van der Waals surface area contributed by atoms with Gasteiger partial charge >= 0.3 is 7.60 Å². The fraction of sp³-hybridized carbons (Fsp3) is 0.526. The summed E-state index contributed by atoms with van der Waals surface area (Å²) in [6, 6.07) is 16.5. The van der Waals surface area contributed by atoms with Crippen molar-refractivity contribution in [1.29, 1.82) is 5.26 Å². The van der Waals surface area contributed by atoms with E-state index in [0.29, 0.717) is 55.5 Å². The number of ether oxygens (including phenoxy) is 1. The van der Waals surface area contributed by atoms with Crippen molar-refractivity contribution in [2.75, 3.05) is 32.8 Å². The minimum atomic E-state index is -5.01. The number of likely N-dealkylation sites (tertiary alicyclic amines) is 1. The minimum absolute atomic E-state index is 0.115. The largest absolute Gasteiger partial charge is 0.379 e. The molecule has 15 heteroatoms. The topological polar surface area (TPSA) is 164 Å². The molecular formula is C38H43FN5O7PS. The van der Waals surface area contributed by atoms with E-state index in [1.807, 2.05) is 35.2 Å². The summed E-state index contributed by atoms with van der Waals surface area (Å²) in [5.41, 5.74) is 0.319. The van der Waals surface area contributed by atoms with Crippen LogP contribution < -0.4 is 5.32 Å². The van der Waals surface area contributed by atoms with Crippen LogP contribution >= 0.6 is 18.9 Å². The van der Waals surface area contributed by atoms with Crippen LogP contribution in [-0.4, -0.2) is 105 Å². The number of amides is 3. The highest BCUT2D eigenvalue weighted by Gasteiger charge is 2.64. The van der Waals surface area contributed by atoms with Crippen molar-refractivity contribution in [3.63, 3.8) is 0 Å². The summed E-state index contributed by atoms with van der Waals surface area (Å²) in [6.07, 6.45) is 4.45. The van der Waals surface area contributed by atoms with Gasteiger partial charge in [0.1, 0.15) is 12.1 Å². The van der Waals surface area contributed by atoms with Crippen LogP contribution in [0.1, 0.15) is 77.6 Å². The second-order valence-corrected chi connectivity index (χ2v) is 17.9. The number of carbonyl (C=O) groups excluding carboxylic acids is 3. The van der Waals surface area contributed by atoms with Gasteiger partial charge in [0.05, 0.1) is 35.6 Å². The first-order chi connectivity index (χ1) is 25.5. The van der Waals surface area contributed by atoms with Crippen LogP contribution in [0.3, 0.4) is 0 Å². The lowest BCUT2D eigenvalue weighted by Gasteiger charge is -2.42. The fourth-order valence-electron chi connectivity index (χ4n) is 9.37. The van der Waals surface area contributed by atoms with E-state index in [0.717, 1.165) is 49.3 Å². The molecule has 280 valence electrons. The number of thiophene rings is 1. The van der Waals surface area contributed by atoms with Crippen LogP contribution in [0.5, 0.6) is 0 Å². The van der Waals surface area contributed by atoms with Gasteiger partial charge in [-0.2, -0.15) is 5.26 Å². The summed E-state index contributed by atoms with van der Waals surface area (Å²) in [5.74, 6) is -3.82. The fourth-order valence-corrected chi connectivity index (χ4v) is 10.9. The van der Waals surface area contributed by atoms with Crippen molar-refractivity contribution in [3.8, 4) is 6.07 Å². The molecule has 1 aromatic heterocycles. The molecule has 0 radical (unpaired) electrons. The maximum atomic E-state index is 14.7. The monoisotopic (exact) mass is 763 g/mol. The molecule has 8 rings (SSSR count). The number of nitrogens with one attached hydrogen (secondary N) is 1. The molecule has 7 atom stereocenters. The molecule has 3 amide bonds. The zero-order valence-electron chi connectivity index (χ0n) is 29.2. The summed E-state index contributed by atoms with van der Waals surface area (Å²) >= 11 is 1.14. The van der Waals surface area contributed by atoms with Crippen molar-refractivity contribution in [2.45, 2.75) is 86.5 Å². The lowest BCUT2D eigenvalue weighted by molar-refractivity contribution is -0.148. The number of benzene rings is 2. The predicted octanol–water partition coefficient (Wildman–Crippen LogP) is 4.69. The average molecular weight is 764 g/mol. The third-order valence-electron chi connectivity index (χ3n) is 12.2. The number of halogens is 1. The van der Waals surface area contributed by atoms with Crippen LogP contribution in [-0.2, 0) is 18.9 Å². The van der Waals surface area contributed by atoms with Crippen LogP contribution in [0.4, 0.5) is 4.39 Å². The minimum Gasteiger partial charge on any atom is -0.379 e. The van der Waals surface area contributed by atoms with Crippen LogP contribution in [0.15, 0.2) is 54.6 Å². The van der Waals surface area contributed by atoms with E-state index in [-0.39, 0.29) is 46.2 Å². The molecule has 0 bridgehead atoms. The number of hydrogen-bond donors (Lipinski definition) is 3. The quantitative estimate of drug-likeness (QED) is 0.290. The summed E-state index contributed by atoms with van der Waals surface area (Å²) in [5, 5.41) is 13.8. The smallest absolute Gasteiger partial charge is 0.363 e. The normalized spacial score (nSPS) is 29.4. The van der Waals surface area contributed by atoms with E-state index in [1.54, 1.807) is 4.90 Å². The standard InChI is InChI=1S/C38H43FN5O7PS/c39-34(52(48,49)50)24-6-11-32-25(18-24)19-33(53-32)35(45)41-30-9-7-26(42-14-16-51-17-15-42)20-27-8-10-31(44(27)36(30)46)37(47)43-22-28(23-4-2-1-3-5-23)29(21-40)38(43)12-13-38/h1-6,11,18-19,26-31,34H,7-10,12-17,20,22H2,(H,41,45)(H2,48,49,50)/t26-,27+,28+,29+,30-,31-,34+/m0/s1. The number of fused-ring (bicyclic) bond motifs is 2. The van der Waals surface area contributed by atoms with E-state index in [9.17, 15) is 38.4 Å². The molecule has 2 aromatic carbocycles. The Balaban J connectivity index is 1.07. The summed E-state index contributed by atoms with van der Waals surface area (Å²) in [6.45, 7) is 3.20. The molecular weight excluding hydrogens is 720 g/mol. The van der Waals surface area contributed by atoms with Crippen LogP contribution in [0, 0.1) is 17.2 Å². The zero-order chi connectivity index (χ0) is 37.1. The Kier molecular flexibility index (Phi) is 9.71. The van der Waals surface area contributed by atoms with Crippen molar-refractivity contribution in [3.05, 3.63) is 70.6 Å². The van der Waals surface area contributed by atoms with E-state index in [1.165, 1.54) is 24.3 Å². The molecule has 5 fully saturated rings. The molecule has 4 saturated heterocycles. The first-order valence-corrected chi connectivity index (χ1v) is 20.9. The van der Waals surface area contributed by atoms with Crippen molar-refractivity contribution in [1.82, 2.24) is 20.0 Å². The molecule has 1 aliphatic carbocycles. The Bertz CT molecular complexity index is 1990. The van der Waals surface area contributed by atoms with E-state index >= 15 is 0 Å². The molecule has 1 saturated carbocycles. The second-order valence-electron chi connectivity index (χ2n) is 15.1. The van der Waals surface area contributed by atoms with Crippen molar-refractivity contribution in [2.24, 2.45) is 5.92 Å².